The van der Waals surface area contributed by atoms with E-state index < -0.39 is 0 Å². The number of rotatable bonds is 4. The molecule has 6 heteroatoms. The average molecular weight is 378 g/mol. The summed E-state index contributed by atoms with van der Waals surface area (Å²) in [5, 5.41) is 7.95. The Morgan fingerprint density at radius 3 is 2.40 bits per heavy atom. The second-order valence-electron chi connectivity index (χ2n) is 5.93. The van der Waals surface area contributed by atoms with Crippen LogP contribution < -0.4 is 9.64 Å². The van der Waals surface area contributed by atoms with Crippen molar-refractivity contribution < 1.29 is 4.74 Å². The van der Waals surface area contributed by atoms with E-state index >= 15 is 0 Å². The van der Waals surface area contributed by atoms with Gasteiger partial charge in [0.05, 0.1) is 41.6 Å². The summed E-state index contributed by atoms with van der Waals surface area (Å²) in [6, 6.07) is 13.7. The molecule has 4 nitrogen and oxygen atoms in total. The molecule has 25 heavy (non-hydrogen) atoms. The zero-order valence-corrected chi connectivity index (χ0v) is 15.9. The van der Waals surface area contributed by atoms with E-state index in [-0.39, 0.29) is 0 Å². The number of methoxy groups -OCH3 is 1. The Labute approximate surface area is 158 Å². The van der Waals surface area contributed by atoms with Crippen LogP contribution >= 0.6 is 23.2 Å². The van der Waals surface area contributed by atoms with E-state index in [0.717, 1.165) is 48.9 Å². The fourth-order valence-corrected chi connectivity index (χ4v) is 3.22. The number of hydrogen-bond acceptors (Lipinski definition) is 4. The molecule has 0 amide bonds. The fourth-order valence-electron chi connectivity index (χ4n) is 2.92. The van der Waals surface area contributed by atoms with Crippen molar-refractivity contribution in [2.45, 2.75) is 6.92 Å². The van der Waals surface area contributed by atoms with Crippen molar-refractivity contribution in [2.75, 3.05) is 38.2 Å². The molecule has 132 valence electrons. The van der Waals surface area contributed by atoms with Gasteiger partial charge in [0.1, 0.15) is 5.75 Å². The van der Waals surface area contributed by atoms with Crippen LogP contribution in [-0.2, 0) is 0 Å². The van der Waals surface area contributed by atoms with Gasteiger partial charge in [0, 0.05) is 13.1 Å². The second kappa shape index (κ2) is 7.98. The minimum atomic E-state index is 0.551. The van der Waals surface area contributed by atoms with Crippen LogP contribution in [0.2, 0.25) is 10.0 Å². The Balaban J connectivity index is 1.66. The third kappa shape index (κ3) is 4.20. The maximum atomic E-state index is 6.10. The lowest BCUT2D eigenvalue weighted by molar-refractivity contribution is 0.269. The molecule has 1 aliphatic rings. The van der Waals surface area contributed by atoms with Gasteiger partial charge in [-0.2, -0.15) is 5.10 Å². The van der Waals surface area contributed by atoms with Gasteiger partial charge in [-0.1, -0.05) is 41.4 Å². The molecule has 0 bridgehead atoms. The maximum absolute atomic E-state index is 6.10. The molecule has 2 aromatic carbocycles. The van der Waals surface area contributed by atoms with Crippen LogP contribution in [0.15, 0.2) is 47.6 Å². The van der Waals surface area contributed by atoms with Crippen molar-refractivity contribution in [3.8, 4) is 5.75 Å². The largest absolute Gasteiger partial charge is 0.495 e. The van der Waals surface area contributed by atoms with Crippen LogP contribution in [0.1, 0.15) is 12.5 Å². The highest BCUT2D eigenvalue weighted by Gasteiger charge is 2.18. The molecule has 0 saturated carbocycles. The lowest BCUT2D eigenvalue weighted by Gasteiger charge is -2.35. The summed E-state index contributed by atoms with van der Waals surface area (Å²) in [5.74, 6) is 0.909. The molecule has 1 aliphatic heterocycles. The quantitative estimate of drug-likeness (QED) is 0.731. The molecule has 2 aromatic rings. The third-order valence-corrected chi connectivity index (χ3v) is 5.05. The first-order valence-corrected chi connectivity index (χ1v) is 8.97. The molecule has 0 N–H and O–H groups in total. The first-order valence-electron chi connectivity index (χ1n) is 8.22. The summed E-state index contributed by atoms with van der Waals surface area (Å²) in [7, 11) is 1.71. The number of hydrogen-bond donors (Lipinski definition) is 0. The molecule has 0 radical (unpaired) electrons. The van der Waals surface area contributed by atoms with Crippen LogP contribution in [-0.4, -0.2) is 44.0 Å². The van der Waals surface area contributed by atoms with E-state index in [4.69, 9.17) is 33.0 Å². The Kier molecular flexibility index (Phi) is 5.71. The van der Waals surface area contributed by atoms with Crippen molar-refractivity contribution in [2.24, 2.45) is 5.10 Å². The summed E-state index contributed by atoms with van der Waals surface area (Å²) in [5.41, 5.74) is 3.06. The van der Waals surface area contributed by atoms with E-state index in [1.807, 2.05) is 37.3 Å². The van der Waals surface area contributed by atoms with Gasteiger partial charge in [-0.15, -0.1) is 0 Å². The summed E-state index contributed by atoms with van der Waals surface area (Å²) in [4.78, 5) is 2.33. The smallest absolute Gasteiger partial charge is 0.142 e. The summed E-state index contributed by atoms with van der Waals surface area (Å²) < 4.78 is 5.46. The van der Waals surface area contributed by atoms with Gasteiger partial charge in [0.15, 0.2) is 0 Å². The molecule has 3 rings (SSSR count). The number of anilines is 1. The molecular weight excluding hydrogens is 357 g/mol. The fraction of sp³-hybridized carbons (Fsp3) is 0.316. The molecule has 0 unspecified atom stereocenters. The molecule has 0 atom stereocenters. The summed E-state index contributed by atoms with van der Waals surface area (Å²) >= 11 is 12.1. The van der Waals surface area contributed by atoms with Gasteiger partial charge >= 0.3 is 0 Å². The van der Waals surface area contributed by atoms with E-state index in [9.17, 15) is 0 Å². The number of benzene rings is 2. The van der Waals surface area contributed by atoms with E-state index in [2.05, 4.69) is 16.0 Å². The molecule has 0 aliphatic carbocycles. The molecule has 0 aromatic heterocycles. The van der Waals surface area contributed by atoms with Gasteiger partial charge in [0.25, 0.3) is 0 Å². The monoisotopic (exact) mass is 377 g/mol. The maximum Gasteiger partial charge on any atom is 0.142 e. The predicted molar refractivity (Wildman–Crippen MR) is 105 cm³/mol. The SMILES string of the molecule is COc1ccccc1N1CCN(N=C(C)c2ccc(Cl)c(Cl)c2)CC1. The van der Waals surface area contributed by atoms with Gasteiger partial charge in [0.2, 0.25) is 0 Å². The number of ether oxygens (including phenoxy) is 1. The molecule has 0 spiro atoms. The highest BCUT2D eigenvalue weighted by Crippen LogP contribution is 2.28. The number of piperazine rings is 1. The molecule has 1 saturated heterocycles. The summed E-state index contributed by atoms with van der Waals surface area (Å²) in [6.45, 7) is 5.51. The van der Waals surface area contributed by atoms with Gasteiger partial charge in [-0.05, 0) is 36.8 Å². The van der Waals surface area contributed by atoms with E-state index in [1.54, 1.807) is 13.2 Å². The number of halogens is 2. The summed E-state index contributed by atoms with van der Waals surface area (Å²) in [6.07, 6.45) is 0. The highest BCUT2D eigenvalue weighted by molar-refractivity contribution is 6.42. The van der Waals surface area contributed by atoms with Crippen LogP contribution in [0, 0.1) is 0 Å². The van der Waals surface area contributed by atoms with Gasteiger partial charge in [-0.25, -0.2) is 0 Å². The minimum Gasteiger partial charge on any atom is -0.495 e. The molecular formula is C19H21Cl2N3O. The standard InChI is InChI=1S/C19H21Cl2N3O/c1-14(15-7-8-16(20)17(21)13-15)22-24-11-9-23(10-12-24)18-5-3-4-6-19(18)25-2/h3-8,13H,9-12H2,1-2H3. The van der Waals surface area contributed by atoms with Crippen LogP contribution in [0.4, 0.5) is 5.69 Å². The zero-order chi connectivity index (χ0) is 17.8. The van der Waals surface area contributed by atoms with Crippen LogP contribution in [0.3, 0.4) is 0 Å². The Bertz CT molecular complexity index is 771. The van der Waals surface area contributed by atoms with E-state index in [1.165, 1.54) is 0 Å². The lowest BCUT2D eigenvalue weighted by atomic mass is 10.1. The van der Waals surface area contributed by atoms with Crippen molar-refractivity contribution in [3.05, 3.63) is 58.1 Å². The first-order chi connectivity index (χ1) is 12.1. The topological polar surface area (TPSA) is 28.1 Å². The highest BCUT2D eigenvalue weighted by atomic mass is 35.5. The van der Waals surface area contributed by atoms with Crippen LogP contribution in [0.5, 0.6) is 5.75 Å². The Morgan fingerprint density at radius 2 is 1.72 bits per heavy atom. The number of para-hydroxylation sites is 2. The second-order valence-corrected chi connectivity index (χ2v) is 6.74. The molecule has 1 fully saturated rings. The lowest BCUT2D eigenvalue weighted by Crippen LogP contribution is -2.44. The Morgan fingerprint density at radius 1 is 1.00 bits per heavy atom. The third-order valence-electron chi connectivity index (χ3n) is 4.31. The van der Waals surface area contributed by atoms with Crippen LogP contribution in [0.25, 0.3) is 0 Å². The average Bonchev–Trinajstić information content (AvgIpc) is 2.64. The van der Waals surface area contributed by atoms with E-state index in [0.29, 0.717) is 10.0 Å². The Hall–Kier alpha value is -1.91. The molecule has 1 heterocycles. The van der Waals surface area contributed by atoms with Crippen molar-refractivity contribution in [1.29, 1.82) is 0 Å². The minimum absolute atomic E-state index is 0.551. The van der Waals surface area contributed by atoms with Gasteiger partial charge in [-0.3, -0.25) is 5.01 Å². The van der Waals surface area contributed by atoms with Crippen molar-refractivity contribution in [3.63, 3.8) is 0 Å². The number of nitrogens with zero attached hydrogens (tertiary/aromatic N) is 3. The normalized spacial score (nSPS) is 15.4. The van der Waals surface area contributed by atoms with Gasteiger partial charge < -0.3 is 9.64 Å². The predicted octanol–water partition coefficient (Wildman–Crippen LogP) is 4.55. The van der Waals surface area contributed by atoms with Crippen molar-refractivity contribution in [1.82, 2.24) is 5.01 Å². The first kappa shape index (κ1) is 17.9. The number of hydrazone groups is 1. The van der Waals surface area contributed by atoms with Crippen molar-refractivity contribution >= 4 is 34.6 Å². The zero-order valence-electron chi connectivity index (χ0n) is 14.4.